The number of rotatable bonds is 7. The second kappa shape index (κ2) is 9.77. The molecule has 158 valence electrons. The molecule has 0 radical (unpaired) electrons. The molecule has 0 saturated carbocycles. The Bertz CT molecular complexity index is 1010. The number of hydrogen-bond acceptors (Lipinski definition) is 5. The number of carbonyl (C=O) groups excluding carboxylic acids is 2. The van der Waals surface area contributed by atoms with Crippen molar-refractivity contribution in [1.29, 1.82) is 0 Å². The van der Waals surface area contributed by atoms with Crippen molar-refractivity contribution in [3.8, 4) is 11.5 Å². The summed E-state index contributed by atoms with van der Waals surface area (Å²) in [4.78, 5) is 26.2. The Morgan fingerprint density at radius 2 is 1.83 bits per heavy atom. The van der Waals surface area contributed by atoms with Gasteiger partial charge in [0.25, 0.3) is 11.1 Å². The number of imide groups is 1. The van der Waals surface area contributed by atoms with E-state index in [9.17, 15) is 9.59 Å². The zero-order valence-corrected chi connectivity index (χ0v) is 19.1. The summed E-state index contributed by atoms with van der Waals surface area (Å²) in [6, 6.07) is 10.6. The Balaban J connectivity index is 1.89. The summed E-state index contributed by atoms with van der Waals surface area (Å²) in [5, 5.41) is 0.656. The number of thioether (sulfide) groups is 1. The molecular weight excluding hydrogens is 445 g/mol. The molecule has 0 aliphatic carbocycles. The molecule has 1 heterocycles. The molecule has 2 aromatic rings. The number of hydrogen-bond donors (Lipinski definition) is 0. The second-order valence-corrected chi connectivity index (χ2v) is 8.60. The Morgan fingerprint density at radius 3 is 2.47 bits per heavy atom. The Labute approximate surface area is 189 Å². The van der Waals surface area contributed by atoms with Crippen molar-refractivity contribution in [2.45, 2.75) is 33.4 Å². The van der Waals surface area contributed by atoms with Gasteiger partial charge in [-0.25, -0.2) is 0 Å². The Morgan fingerprint density at radius 1 is 1.10 bits per heavy atom. The van der Waals surface area contributed by atoms with Crippen LogP contribution in [0.5, 0.6) is 11.5 Å². The minimum Gasteiger partial charge on any atom is -0.490 e. The summed E-state index contributed by atoms with van der Waals surface area (Å²) in [5.41, 5.74) is 1.46. The lowest BCUT2D eigenvalue weighted by molar-refractivity contribution is -0.123. The van der Waals surface area contributed by atoms with Crippen LogP contribution >= 0.6 is 35.0 Å². The normalized spacial score (nSPS) is 15.4. The molecule has 30 heavy (non-hydrogen) atoms. The number of amides is 2. The number of benzene rings is 2. The molecule has 3 rings (SSSR count). The maximum absolute atomic E-state index is 12.5. The van der Waals surface area contributed by atoms with Crippen LogP contribution in [-0.4, -0.2) is 28.7 Å². The van der Waals surface area contributed by atoms with Crippen molar-refractivity contribution >= 4 is 52.2 Å². The van der Waals surface area contributed by atoms with Gasteiger partial charge in [0.15, 0.2) is 11.5 Å². The predicted molar refractivity (Wildman–Crippen MR) is 121 cm³/mol. The van der Waals surface area contributed by atoms with E-state index in [1.807, 2.05) is 25.1 Å². The largest absolute Gasteiger partial charge is 0.490 e. The van der Waals surface area contributed by atoms with Gasteiger partial charge in [-0.05, 0) is 62.4 Å². The molecule has 0 spiro atoms. The molecule has 1 aliphatic rings. The molecule has 1 aliphatic heterocycles. The minimum atomic E-state index is -0.312. The van der Waals surface area contributed by atoms with Crippen LogP contribution in [0.3, 0.4) is 0 Å². The van der Waals surface area contributed by atoms with Gasteiger partial charge in [0.05, 0.1) is 16.5 Å². The van der Waals surface area contributed by atoms with Crippen LogP contribution in [0.1, 0.15) is 31.9 Å². The first-order valence-electron chi connectivity index (χ1n) is 9.41. The predicted octanol–water partition coefficient (Wildman–Crippen LogP) is 6.42. The van der Waals surface area contributed by atoms with Gasteiger partial charge in [-0.3, -0.25) is 14.5 Å². The lowest BCUT2D eigenvalue weighted by Crippen LogP contribution is -2.34. The monoisotopic (exact) mass is 465 g/mol. The number of ether oxygens (including phenoxy) is 2. The highest BCUT2D eigenvalue weighted by Gasteiger charge is 2.36. The zero-order chi connectivity index (χ0) is 21.8. The first kappa shape index (κ1) is 22.5. The number of carbonyl (C=O) groups is 2. The van der Waals surface area contributed by atoms with Crippen molar-refractivity contribution in [1.82, 2.24) is 4.90 Å². The first-order valence-corrected chi connectivity index (χ1v) is 11.0. The van der Waals surface area contributed by atoms with E-state index >= 15 is 0 Å². The zero-order valence-electron chi connectivity index (χ0n) is 16.8. The van der Waals surface area contributed by atoms with Crippen LogP contribution in [0.15, 0.2) is 41.3 Å². The van der Waals surface area contributed by atoms with Gasteiger partial charge in [0.2, 0.25) is 0 Å². The number of nitrogens with zero attached hydrogens (tertiary/aromatic N) is 1. The van der Waals surface area contributed by atoms with E-state index in [-0.39, 0.29) is 23.8 Å². The Kier molecular flexibility index (Phi) is 7.34. The van der Waals surface area contributed by atoms with Gasteiger partial charge >= 0.3 is 0 Å². The lowest BCUT2D eigenvalue weighted by Gasteiger charge is -2.16. The van der Waals surface area contributed by atoms with Crippen molar-refractivity contribution in [2.75, 3.05) is 6.61 Å². The van der Waals surface area contributed by atoms with Gasteiger partial charge in [0.1, 0.15) is 6.61 Å². The third-order valence-electron chi connectivity index (χ3n) is 4.30. The van der Waals surface area contributed by atoms with E-state index in [4.69, 9.17) is 32.7 Å². The summed E-state index contributed by atoms with van der Waals surface area (Å²) in [6.45, 7) is 6.09. The smallest absolute Gasteiger partial charge is 0.293 e. The van der Waals surface area contributed by atoms with Gasteiger partial charge in [-0.1, -0.05) is 41.4 Å². The molecule has 1 fully saturated rings. The molecule has 1 saturated heterocycles. The average molecular weight is 466 g/mol. The molecule has 5 nitrogen and oxygen atoms in total. The molecule has 0 bridgehead atoms. The van der Waals surface area contributed by atoms with Crippen molar-refractivity contribution in [2.24, 2.45) is 0 Å². The van der Waals surface area contributed by atoms with E-state index < -0.39 is 0 Å². The van der Waals surface area contributed by atoms with Gasteiger partial charge in [-0.2, -0.15) is 0 Å². The molecule has 8 heteroatoms. The number of halogens is 2. The Hall–Kier alpha value is -2.15. The fraction of sp³-hybridized carbons (Fsp3) is 0.273. The van der Waals surface area contributed by atoms with Crippen LogP contribution < -0.4 is 9.47 Å². The van der Waals surface area contributed by atoms with Crippen LogP contribution in [-0.2, 0) is 11.4 Å². The summed E-state index contributed by atoms with van der Waals surface area (Å²) >= 11 is 13.6. The fourth-order valence-corrected chi connectivity index (χ4v) is 4.34. The minimum absolute atomic E-state index is 0.202. The molecule has 0 aromatic heterocycles. The highest BCUT2D eigenvalue weighted by atomic mass is 35.5. The van der Waals surface area contributed by atoms with Crippen molar-refractivity contribution in [3.05, 3.63) is 62.5 Å². The highest BCUT2D eigenvalue weighted by Crippen LogP contribution is 2.40. The molecule has 2 aromatic carbocycles. The van der Waals surface area contributed by atoms with Crippen LogP contribution in [0, 0.1) is 0 Å². The maximum atomic E-state index is 12.5. The maximum Gasteiger partial charge on any atom is 0.293 e. The third kappa shape index (κ3) is 4.94. The summed E-state index contributed by atoms with van der Waals surface area (Å²) in [6.07, 6.45) is 1.64. The van der Waals surface area contributed by atoms with Crippen LogP contribution in [0.25, 0.3) is 6.08 Å². The van der Waals surface area contributed by atoms with Crippen molar-refractivity contribution < 1.29 is 19.1 Å². The quantitative estimate of drug-likeness (QED) is 0.441. The SMILES string of the molecule is CCOc1cc(/C=C2/SC(=O)N(C(C)C)C2=O)cc(Cl)c1OCc1ccccc1Cl. The van der Waals surface area contributed by atoms with E-state index in [1.54, 1.807) is 38.1 Å². The van der Waals surface area contributed by atoms with Crippen molar-refractivity contribution in [3.63, 3.8) is 0 Å². The first-order chi connectivity index (χ1) is 14.3. The molecule has 0 N–H and O–H groups in total. The summed E-state index contributed by atoms with van der Waals surface area (Å²) in [5.74, 6) is 0.533. The molecule has 2 amide bonds. The van der Waals surface area contributed by atoms with E-state index in [0.717, 1.165) is 17.3 Å². The van der Waals surface area contributed by atoms with E-state index in [0.29, 0.717) is 38.6 Å². The standard InChI is InChI=1S/C22H21Cl2NO4S/c1-4-28-18-10-14(11-19-21(26)25(13(2)3)22(27)30-19)9-17(24)20(18)29-12-15-7-5-6-8-16(15)23/h5-11,13H,4,12H2,1-3H3/b19-11+. The van der Waals surface area contributed by atoms with Gasteiger partial charge < -0.3 is 9.47 Å². The van der Waals surface area contributed by atoms with E-state index in [1.165, 1.54) is 4.90 Å². The second-order valence-electron chi connectivity index (χ2n) is 6.79. The fourth-order valence-electron chi connectivity index (χ4n) is 2.92. The molecule has 0 atom stereocenters. The van der Waals surface area contributed by atoms with Crippen LogP contribution in [0.4, 0.5) is 4.79 Å². The topological polar surface area (TPSA) is 55.8 Å². The van der Waals surface area contributed by atoms with Gasteiger partial charge in [-0.15, -0.1) is 0 Å². The highest BCUT2D eigenvalue weighted by molar-refractivity contribution is 8.18. The average Bonchev–Trinajstić information content (AvgIpc) is 2.96. The lowest BCUT2D eigenvalue weighted by atomic mass is 10.1. The summed E-state index contributed by atoms with van der Waals surface area (Å²) < 4.78 is 11.6. The molecular formula is C22H21Cl2NO4S. The van der Waals surface area contributed by atoms with Gasteiger partial charge in [0, 0.05) is 16.6 Å². The third-order valence-corrected chi connectivity index (χ3v) is 5.83. The summed E-state index contributed by atoms with van der Waals surface area (Å²) in [7, 11) is 0. The molecule has 0 unspecified atom stereocenters. The van der Waals surface area contributed by atoms with Crippen LogP contribution in [0.2, 0.25) is 10.0 Å². The van der Waals surface area contributed by atoms with E-state index in [2.05, 4.69) is 0 Å².